The lowest BCUT2D eigenvalue weighted by Gasteiger charge is -2.40. The summed E-state index contributed by atoms with van der Waals surface area (Å²) in [4.78, 5) is 20.4. The summed E-state index contributed by atoms with van der Waals surface area (Å²) in [6.07, 6.45) is 6.32. The molecule has 1 atom stereocenters. The molecule has 0 spiro atoms. The summed E-state index contributed by atoms with van der Waals surface area (Å²) in [6, 6.07) is 4.81. The normalized spacial score (nSPS) is 19.5. The highest BCUT2D eigenvalue weighted by molar-refractivity contribution is 7.89. The molecule has 1 aliphatic carbocycles. The Labute approximate surface area is 216 Å². The molecule has 2 aromatic heterocycles. The van der Waals surface area contributed by atoms with E-state index in [4.69, 9.17) is 5.14 Å². The van der Waals surface area contributed by atoms with E-state index in [2.05, 4.69) is 46.5 Å². The first kappa shape index (κ1) is 26.8. The molecule has 200 valence electrons. The van der Waals surface area contributed by atoms with E-state index < -0.39 is 16.1 Å². The van der Waals surface area contributed by atoms with Crippen molar-refractivity contribution in [3.8, 4) is 0 Å². The lowest BCUT2D eigenvalue weighted by Crippen LogP contribution is -2.49. The highest BCUT2D eigenvalue weighted by atomic mass is 32.2. The van der Waals surface area contributed by atoms with E-state index >= 15 is 0 Å². The van der Waals surface area contributed by atoms with Crippen LogP contribution in [0.1, 0.15) is 52.0 Å². The molecular formula is C25H35N7O4S. The van der Waals surface area contributed by atoms with Gasteiger partial charge in [0, 0.05) is 24.5 Å². The van der Waals surface area contributed by atoms with Gasteiger partial charge in [-0.3, -0.25) is 0 Å². The third kappa shape index (κ3) is 6.37. The topological polar surface area (TPSA) is 165 Å². The fourth-order valence-corrected chi connectivity index (χ4v) is 6.11. The Kier molecular flexibility index (Phi) is 7.43. The largest absolute Gasteiger partial charge is 0.465 e. The third-order valence-corrected chi connectivity index (χ3v) is 8.19. The number of hydrogen-bond acceptors (Lipinski definition) is 7. The van der Waals surface area contributed by atoms with Crippen molar-refractivity contribution in [3.63, 3.8) is 0 Å². The van der Waals surface area contributed by atoms with Crippen LogP contribution in [0.5, 0.6) is 0 Å². The molecular weight excluding hydrogens is 494 g/mol. The molecule has 0 bridgehead atoms. The smallest absolute Gasteiger partial charge is 0.404 e. The van der Waals surface area contributed by atoms with Gasteiger partial charge >= 0.3 is 6.09 Å². The Morgan fingerprint density at radius 1 is 1.22 bits per heavy atom. The van der Waals surface area contributed by atoms with Crippen molar-refractivity contribution in [1.29, 1.82) is 0 Å². The molecule has 4 rings (SSSR count). The van der Waals surface area contributed by atoms with E-state index in [1.54, 1.807) is 31.5 Å². The summed E-state index contributed by atoms with van der Waals surface area (Å²) in [5.41, 5.74) is 1.62. The molecule has 5 N–H and O–H groups in total. The van der Waals surface area contributed by atoms with Crippen LogP contribution in [-0.2, 0) is 16.6 Å². The van der Waals surface area contributed by atoms with Crippen LogP contribution in [0, 0.1) is 24.2 Å². The number of carboxylic acid groups (broad SMARTS) is 1. The van der Waals surface area contributed by atoms with Gasteiger partial charge in [-0.15, -0.1) is 0 Å². The maximum absolute atomic E-state index is 11.9. The number of aromatic nitrogens is 4. The average Bonchev–Trinajstić information content (AvgIpc) is 3.20. The minimum absolute atomic E-state index is 0.0477. The summed E-state index contributed by atoms with van der Waals surface area (Å²) >= 11 is 0. The number of carbonyl (C=O) groups is 1. The van der Waals surface area contributed by atoms with E-state index in [0.717, 1.165) is 31.1 Å². The Morgan fingerprint density at radius 2 is 1.92 bits per heavy atom. The number of nitrogens with one attached hydrogen (secondary N) is 2. The molecule has 2 heterocycles. The molecule has 0 radical (unpaired) electrons. The Morgan fingerprint density at radius 3 is 2.54 bits per heavy atom. The van der Waals surface area contributed by atoms with E-state index in [9.17, 15) is 18.3 Å². The molecule has 1 amide bonds. The van der Waals surface area contributed by atoms with Gasteiger partial charge in [-0.1, -0.05) is 26.8 Å². The van der Waals surface area contributed by atoms with Crippen molar-refractivity contribution in [3.05, 3.63) is 36.2 Å². The highest BCUT2D eigenvalue weighted by Crippen LogP contribution is 2.37. The van der Waals surface area contributed by atoms with Crippen molar-refractivity contribution < 1.29 is 18.3 Å². The SMILES string of the molecule is Cc1ccc(Nc2ncc3cnn(CC4CCC(C(NC(=O)O)C(C)(C)C)CC4)c3n2)cc1S(N)(=O)=O. The number of rotatable bonds is 7. The molecule has 1 aliphatic rings. The molecule has 1 aromatic carbocycles. The van der Waals surface area contributed by atoms with E-state index in [-0.39, 0.29) is 16.4 Å². The molecule has 37 heavy (non-hydrogen) atoms. The fourth-order valence-electron chi connectivity index (χ4n) is 5.30. The van der Waals surface area contributed by atoms with Crippen molar-refractivity contribution in [1.82, 2.24) is 25.1 Å². The number of amides is 1. The predicted molar refractivity (Wildman–Crippen MR) is 141 cm³/mol. The van der Waals surface area contributed by atoms with E-state index in [1.807, 2.05) is 4.68 Å². The third-order valence-electron chi connectivity index (χ3n) is 7.13. The van der Waals surface area contributed by atoms with Crippen LogP contribution in [0.4, 0.5) is 16.4 Å². The van der Waals surface area contributed by atoms with Gasteiger partial charge in [-0.2, -0.15) is 10.1 Å². The summed E-state index contributed by atoms with van der Waals surface area (Å²) < 4.78 is 25.6. The Balaban J connectivity index is 1.46. The summed E-state index contributed by atoms with van der Waals surface area (Å²) in [6.45, 7) is 8.62. The average molecular weight is 530 g/mol. The van der Waals surface area contributed by atoms with E-state index in [0.29, 0.717) is 41.2 Å². The molecule has 11 nitrogen and oxygen atoms in total. The standard InChI is InChI=1S/C25H35N7O4S/c1-15-5-10-19(11-20(15)37(26,35)36)29-23-27-12-18-13-28-32(22(18)31-23)14-16-6-8-17(9-7-16)21(25(2,3)4)30-24(33)34/h5,10-13,16-17,21,30H,6-9,14H2,1-4H3,(H,33,34)(H2,26,35,36)(H,27,29,31). The van der Waals surface area contributed by atoms with Gasteiger partial charge in [0.1, 0.15) is 0 Å². The van der Waals surface area contributed by atoms with Crippen LogP contribution >= 0.6 is 0 Å². The number of fused-ring (bicyclic) bond motifs is 1. The lowest BCUT2D eigenvalue weighted by molar-refractivity contribution is 0.121. The number of sulfonamides is 1. The first-order valence-corrected chi connectivity index (χ1v) is 13.9. The maximum Gasteiger partial charge on any atom is 0.404 e. The Hall–Kier alpha value is -3.25. The quantitative estimate of drug-likeness (QED) is 0.356. The molecule has 1 saturated carbocycles. The molecule has 0 saturated heterocycles. The number of anilines is 2. The van der Waals surface area contributed by atoms with Crippen LogP contribution in [-0.4, -0.2) is 45.4 Å². The second kappa shape index (κ2) is 10.3. The molecule has 1 fully saturated rings. The monoisotopic (exact) mass is 529 g/mol. The number of nitrogens with two attached hydrogens (primary N) is 1. The van der Waals surface area contributed by atoms with Gasteiger partial charge in [0.05, 0.1) is 16.5 Å². The second-order valence-corrected chi connectivity index (χ2v) is 12.6. The number of hydrogen-bond donors (Lipinski definition) is 4. The fraction of sp³-hybridized carbons (Fsp3) is 0.520. The van der Waals surface area contributed by atoms with Crippen molar-refractivity contribution in [2.24, 2.45) is 22.4 Å². The van der Waals surface area contributed by atoms with Crippen LogP contribution < -0.4 is 15.8 Å². The van der Waals surface area contributed by atoms with Gasteiger partial charge in [-0.05, 0) is 67.6 Å². The second-order valence-electron chi connectivity index (χ2n) is 11.0. The van der Waals surface area contributed by atoms with Crippen molar-refractivity contribution in [2.75, 3.05) is 5.32 Å². The summed E-state index contributed by atoms with van der Waals surface area (Å²) in [5.74, 6) is 1.04. The van der Waals surface area contributed by atoms with Gasteiger partial charge in [0.25, 0.3) is 0 Å². The van der Waals surface area contributed by atoms with Gasteiger partial charge in [-0.25, -0.2) is 28.0 Å². The molecule has 12 heteroatoms. The van der Waals surface area contributed by atoms with Gasteiger partial charge < -0.3 is 15.7 Å². The number of aryl methyl sites for hydroxylation is 1. The number of primary sulfonamides is 1. The maximum atomic E-state index is 11.9. The molecule has 1 unspecified atom stereocenters. The van der Waals surface area contributed by atoms with Crippen LogP contribution in [0.3, 0.4) is 0 Å². The zero-order valence-corrected chi connectivity index (χ0v) is 22.4. The van der Waals surface area contributed by atoms with Gasteiger partial charge in [0.2, 0.25) is 16.0 Å². The first-order valence-electron chi connectivity index (χ1n) is 12.4. The van der Waals surface area contributed by atoms with Crippen LogP contribution in [0.2, 0.25) is 0 Å². The molecule has 3 aromatic rings. The van der Waals surface area contributed by atoms with Crippen molar-refractivity contribution in [2.45, 2.75) is 70.9 Å². The minimum atomic E-state index is -3.85. The number of benzene rings is 1. The molecule has 0 aliphatic heterocycles. The van der Waals surface area contributed by atoms with E-state index in [1.165, 1.54) is 6.07 Å². The van der Waals surface area contributed by atoms with Crippen LogP contribution in [0.25, 0.3) is 11.0 Å². The lowest BCUT2D eigenvalue weighted by atomic mass is 9.71. The summed E-state index contributed by atoms with van der Waals surface area (Å²) in [5, 5.41) is 25.8. The first-order chi connectivity index (χ1) is 17.3. The zero-order valence-electron chi connectivity index (χ0n) is 21.6. The predicted octanol–water partition coefficient (Wildman–Crippen LogP) is 4.01. The summed E-state index contributed by atoms with van der Waals surface area (Å²) in [7, 11) is -3.85. The number of nitrogens with zero attached hydrogens (tertiary/aromatic N) is 4. The Bertz CT molecular complexity index is 1390. The zero-order chi connectivity index (χ0) is 27.0. The minimum Gasteiger partial charge on any atom is -0.465 e. The van der Waals surface area contributed by atoms with Gasteiger partial charge in [0.15, 0.2) is 5.65 Å². The van der Waals surface area contributed by atoms with Crippen molar-refractivity contribution >= 4 is 38.8 Å². The van der Waals surface area contributed by atoms with Crippen LogP contribution in [0.15, 0.2) is 35.5 Å². The highest BCUT2D eigenvalue weighted by Gasteiger charge is 2.36.